The summed E-state index contributed by atoms with van der Waals surface area (Å²) in [6, 6.07) is 8.26. The van der Waals surface area contributed by atoms with Crippen LogP contribution in [0.2, 0.25) is 5.02 Å². The van der Waals surface area contributed by atoms with Crippen LogP contribution in [0.5, 0.6) is 0 Å². The lowest BCUT2D eigenvalue weighted by Crippen LogP contribution is -2.30. The van der Waals surface area contributed by atoms with Gasteiger partial charge in [-0.05, 0) is 30.5 Å². The van der Waals surface area contributed by atoms with Gasteiger partial charge in [-0.3, -0.25) is 0 Å². The summed E-state index contributed by atoms with van der Waals surface area (Å²) in [6.07, 6.45) is 3.81. The highest BCUT2D eigenvalue weighted by Gasteiger charge is 2.12. The minimum atomic E-state index is -0.248. The molecule has 0 bridgehead atoms. The lowest BCUT2D eigenvalue weighted by molar-refractivity contribution is 0.155. The molecule has 0 aliphatic rings. The highest BCUT2D eigenvalue weighted by Crippen LogP contribution is 2.20. The molecule has 1 aromatic rings. The molecular weight excluding hydrogens is 246 g/mol. The molecule has 3 heteroatoms. The fourth-order valence-electron chi connectivity index (χ4n) is 2.08. The van der Waals surface area contributed by atoms with E-state index < -0.39 is 0 Å². The number of halogens is 1. The zero-order valence-corrected chi connectivity index (χ0v) is 12.1. The van der Waals surface area contributed by atoms with Crippen molar-refractivity contribution in [2.75, 3.05) is 6.54 Å². The Bertz CT molecular complexity index is 326. The van der Waals surface area contributed by atoms with E-state index in [9.17, 15) is 5.11 Å². The van der Waals surface area contributed by atoms with Crippen molar-refractivity contribution >= 4 is 11.6 Å². The Kier molecular flexibility index (Phi) is 7.33. The normalized spacial score (nSPS) is 14.4. The molecule has 102 valence electrons. The van der Waals surface area contributed by atoms with Crippen molar-refractivity contribution < 1.29 is 5.11 Å². The number of nitrogens with one attached hydrogen (secondary N) is 1. The van der Waals surface area contributed by atoms with Gasteiger partial charge in [0, 0.05) is 17.6 Å². The number of aliphatic hydroxyl groups excluding tert-OH is 1. The van der Waals surface area contributed by atoms with Crippen molar-refractivity contribution in [3.8, 4) is 0 Å². The van der Waals surface area contributed by atoms with Crippen LogP contribution in [-0.2, 0) is 0 Å². The Morgan fingerprint density at radius 2 is 1.72 bits per heavy atom. The van der Waals surface area contributed by atoms with Gasteiger partial charge in [-0.15, -0.1) is 0 Å². The van der Waals surface area contributed by atoms with E-state index in [0.717, 1.165) is 30.7 Å². The van der Waals surface area contributed by atoms with Crippen molar-refractivity contribution in [2.24, 2.45) is 0 Å². The smallest absolute Gasteiger partial charge is 0.0664 e. The van der Waals surface area contributed by atoms with Crippen molar-refractivity contribution in [2.45, 2.75) is 51.7 Å². The molecule has 0 saturated heterocycles. The topological polar surface area (TPSA) is 32.3 Å². The van der Waals surface area contributed by atoms with E-state index in [-0.39, 0.29) is 6.10 Å². The van der Waals surface area contributed by atoms with Gasteiger partial charge in [-0.1, -0.05) is 50.4 Å². The second-order valence-corrected chi connectivity index (χ2v) is 5.18. The van der Waals surface area contributed by atoms with E-state index >= 15 is 0 Å². The second-order valence-electron chi connectivity index (χ2n) is 4.74. The van der Waals surface area contributed by atoms with Crippen molar-refractivity contribution in [1.29, 1.82) is 0 Å². The van der Waals surface area contributed by atoms with Crippen LogP contribution >= 0.6 is 11.6 Å². The first-order valence-corrected chi connectivity index (χ1v) is 7.22. The Morgan fingerprint density at radius 3 is 2.28 bits per heavy atom. The zero-order valence-electron chi connectivity index (χ0n) is 11.3. The van der Waals surface area contributed by atoms with E-state index in [4.69, 9.17) is 11.6 Å². The third kappa shape index (κ3) is 5.38. The molecule has 0 fully saturated rings. The Morgan fingerprint density at radius 1 is 1.11 bits per heavy atom. The van der Waals surface area contributed by atoms with E-state index in [0.29, 0.717) is 12.6 Å². The van der Waals surface area contributed by atoms with Crippen LogP contribution in [0.4, 0.5) is 0 Å². The zero-order chi connectivity index (χ0) is 13.4. The molecule has 1 aromatic carbocycles. The molecule has 18 heavy (non-hydrogen) atoms. The summed E-state index contributed by atoms with van der Waals surface area (Å²) >= 11 is 5.90. The molecule has 0 saturated carbocycles. The summed E-state index contributed by atoms with van der Waals surface area (Å²) in [5.74, 6) is 0. The SMILES string of the molecule is CCCC(O)CNC(CCC)c1ccc(Cl)cc1. The van der Waals surface area contributed by atoms with Crippen LogP contribution in [-0.4, -0.2) is 17.8 Å². The summed E-state index contributed by atoms with van der Waals surface area (Å²) in [5, 5.41) is 14.0. The average molecular weight is 270 g/mol. The summed E-state index contributed by atoms with van der Waals surface area (Å²) < 4.78 is 0. The monoisotopic (exact) mass is 269 g/mol. The van der Waals surface area contributed by atoms with Gasteiger partial charge in [0.2, 0.25) is 0 Å². The summed E-state index contributed by atoms with van der Waals surface area (Å²) in [5.41, 5.74) is 1.24. The summed E-state index contributed by atoms with van der Waals surface area (Å²) in [6.45, 7) is 4.92. The Labute approximate surface area is 115 Å². The molecule has 2 unspecified atom stereocenters. The van der Waals surface area contributed by atoms with Gasteiger partial charge in [-0.25, -0.2) is 0 Å². The third-order valence-corrected chi connectivity index (χ3v) is 3.32. The molecule has 0 spiro atoms. The maximum atomic E-state index is 9.77. The van der Waals surface area contributed by atoms with Crippen LogP contribution in [0.3, 0.4) is 0 Å². The Balaban J connectivity index is 2.56. The standard InChI is InChI=1S/C15H24ClNO/c1-3-5-14(18)11-17-15(6-4-2)12-7-9-13(16)10-8-12/h7-10,14-15,17-18H,3-6,11H2,1-2H3. The fourth-order valence-corrected chi connectivity index (χ4v) is 2.21. The van der Waals surface area contributed by atoms with Crippen molar-refractivity contribution in [3.63, 3.8) is 0 Å². The molecule has 0 aliphatic heterocycles. The molecule has 0 aromatic heterocycles. The van der Waals surface area contributed by atoms with Crippen LogP contribution in [0.15, 0.2) is 24.3 Å². The molecule has 0 heterocycles. The second kappa shape index (κ2) is 8.52. The fraction of sp³-hybridized carbons (Fsp3) is 0.600. The highest BCUT2D eigenvalue weighted by atomic mass is 35.5. The third-order valence-electron chi connectivity index (χ3n) is 3.07. The minimum absolute atomic E-state index is 0.248. The first-order chi connectivity index (χ1) is 8.67. The largest absolute Gasteiger partial charge is 0.392 e. The highest BCUT2D eigenvalue weighted by molar-refractivity contribution is 6.30. The van der Waals surface area contributed by atoms with Crippen LogP contribution in [0, 0.1) is 0 Å². The lowest BCUT2D eigenvalue weighted by Gasteiger charge is -2.20. The van der Waals surface area contributed by atoms with E-state index in [1.165, 1.54) is 5.56 Å². The molecule has 0 aliphatic carbocycles. The average Bonchev–Trinajstić information content (AvgIpc) is 2.36. The van der Waals surface area contributed by atoms with Gasteiger partial charge in [0.1, 0.15) is 0 Å². The number of benzene rings is 1. The number of hydrogen-bond donors (Lipinski definition) is 2. The minimum Gasteiger partial charge on any atom is -0.392 e. The van der Waals surface area contributed by atoms with Gasteiger partial charge in [0.25, 0.3) is 0 Å². The first-order valence-electron chi connectivity index (χ1n) is 6.84. The Hall–Kier alpha value is -0.570. The molecule has 2 N–H and O–H groups in total. The predicted molar refractivity (Wildman–Crippen MR) is 78.0 cm³/mol. The van der Waals surface area contributed by atoms with E-state index in [1.54, 1.807) is 0 Å². The van der Waals surface area contributed by atoms with Crippen LogP contribution in [0.1, 0.15) is 51.1 Å². The molecule has 1 rings (SSSR count). The van der Waals surface area contributed by atoms with E-state index in [2.05, 4.69) is 31.3 Å². The van der Waals surface area contributed by atoms with Gasteiger partial charge >= 0.3 is 0 Å². The van der Waals surface area contributed by atoms with Crippen molar-refractivity contribution in [3.05, 3.63) is 34.9 Å². The molecular formula is C15H24ClNO. The van der Waals surface area contributed by atoms with E-state index in [1.807, 2.05) is 12.1 Å². The number of hydrogen-bond acceptors (Lipinski definition) is 2. The maximum absolute atomic E-state index is 9.77. The lowest BCUT2D eigenvalue weighted by atomic mass is 10.0. The predicted octanol–water partition coefficient (Wildman–Crippen LogP) is 3.93. The summed E-state index contributed by atoms with van der Waals surface area (Å²) in [7, 11) is 0. The molecule has 2 atom stereocenters. The van der Waals surface area contributed by atoms with Gasteiger partial charge < -0.3 is 10.4 Å². The van der Waals surface area contributed by atoms with Crippen LogP contribution < -0.4 is 5.32 Å². The van der Waals surface area contributed by atoms with Gasteiger partial charge in [-0.2, -0.15) is 0 Å². The van der Waals surface area contributed by atoms with Crippen LogP contribution in [0.25, 0.3) is 0 Å². The van der Waals surface area contributed by atoms with Crippen molar-refractivity contribution in [1.82, 2.24) is 5.32 Å². The summed E-state index contributed by atoms with van der Waals surface area (Å²) in [4.78, 5) is 0. The van der Waals surface area contributed by atoms with Gasteiger partial charge in [0.05, 0.1) is 6.10 Å². The maximum Gasteiger partial charge on any atom is 0.0664 e. The molecule has 2 nitrogen and oxygen atoms in total. The molecule has 0 amide bonds. The number of rotatable bonds is 8. The number of aliphatic hydroxyl groups is 1. The quantitative estimate of drug-likeness (QED) is 0.749. The van der Waals surface area contributed by atoms with Gasteiger partial charge in [0.15, 0.2) is 0 Å². The molecule has 0 radical (unpaired) electrons. The first kappa shape index (κ1) is 15.5.